The van der Waals surface area contributed by atoms with Crippen molar-refractivity contribution in [3.05, 3.63) is 64.2 Å². The van der Waals surface area contributed by atoms with Crippen LogP contribution in [-0.4, -0.2) is 11.0 Å². The molecule has 1 amide bonds. The lowest BCUT2D eigenvalue weighted by Gasteiger charge is -2.12. The molecule has 6 heteroatoms. The van der Waals surface area contributed by atoms with E-state index in [-0.39, 0.29) is 12.3 Å². The van der Waals surface area contributed by atoms with E-state index in [0.717, 1.165) is 11.3 Å². The van der Waals surface area contributed by atoms with E-state index in [0.29, 0.717) is 10.1 Å². The Morgan fingerprint density at radius 1 is 1.04 bits per heavy atom. The predicted octanol–water partition coefficient (Wildman–Crippen LogP) is 3.52. The highest BCUT2D eigenvalue weighted by Crippen LogP contribution is 2.13. The summed E-state index contributed by atoms with van der Waals surface area (Å²) in [6.07, 6.45) is 0.289. The Labute approximate surface area is 146 Å². The van der Waals surface area contributed by atoms with Gasteiger partial charge in [-0.25, -0.2) is 0 Å². The van der Waals surface area contributed by atoms with Crippen molar-refractivity contribution in [2.24, 2.45) is 0 Å². The molecule has 23 heavy (non-hydrogen) atoms. The van der Waals surface area contributed by atoms with Gasteiger partial charge in [0.05, 0.1) is 6.42 Å². The van der Waals surface area contributed by atoms with Gasteiger partial charge >= 0.3 is 0 Å². The van der Waals surface area contributed by atoms with Crippen LogP contribution in [0.15, 0.2) is 42.5 Å². The van der Waals surface area contributed by atoms with Crippen LogP contribution in [0.3, 0.4) is 0 Å². The summed E-state index contributed by atoms with van der Waals surface area (Å²) in [4.78, 5) is 11.9. The zero-order chi connectivity index (χ0) is 16.8. The normalized spacial score (nSPS) is 10.0. The van der Waals surface area contributed by atoms with Crippen molar-refractivity contribution in [3.63, 3.8) is 0 Å². The molecule has 4 nitrogen and oxygen atoms in total. The SMILES string of the molecule is Cc1ccc(CC(=O)NNC(=S)Nc2ccc(Cl)cc2)cc1C. The van der Waals surface area contributed by atoms with Gasteiger partial charge in [-0.15, -0.1) is 0 Å². The standard InChI is InChI=1S/C17H18ClN3OS/c1-11-3-4-13(9-12(11)2)10-16(22)20-21-17(23)19-15-7-5-14(18)6-8-15/h3-9H,10H2,1-2H3,(H,20,22)(H2,19,21,23). The maximum atomic E-state index is 11.9. The first-order chi connectivity index (χ1) is 10.9. The summed E-state index contributed by atoms with van der Waals surface area (Å²) < 4.78 is 0. The van der Waals surface area contributed by atoms with Gasteiger partial charge in [0.2, 0.25) is 5.91 Å². The maximum Gasteiger partial charge on any atom is 0.242 e. The Balaban J connectivity index is 1.80. The van der Waals surface area contributed by atoms with Gasteiger partial charge in [0.25, 0.3) is 0 Å². The number of rotatable bonds is 3. The van der Waals surface area contributed by atoms with Gasteiger partial charge in [-0.2, -0.15) is 0 Å². The zero-order valence-electron chi connectivity index (χ0n) is 12.9. The Morgan fingerprint density at radius 3 is 2.39 bits per heavy atom. The van der Waals surface area contributed by atoms with Crippen molar-refractivity contribution in [2.45, 2.75) is 20.3 Å². The highest BCUT2D eigenvalue weighted by Gasteiger charge is 2.05. The summed E-state index contributed by atoms with van der Waals surface area (Å²) in [5.74, 6) is -0.159. The van der Waals surface area contributed by atoms with E-state index in [9.17, 15) is 4.79 Å². The van der Waals surface area contributed by atoms with Crippen molar-refractivity contribution in [1.29, 1.82) is 0 Å². The molecule has 2 rings (SSSR count). The fraction of sp³-hybridized carbons (Fsp3) is 0.176. The topological polar surface area (TPSA) is 53.2 Å². The van der Waals surface area contributed by atoms with Crippen LogP contribution < -0.4 is 16.2 Å². The molecule has 120 valence electrons. The monoisotopic (exact) mass is 347 g/mol. The molecule has 0 aliphatic heterocycles. The van der Waals surface area contributed by atoms with Gasteiger partial charge in [0, 0.05) is 10.7 Å². The van der Waals surface area contributed by atoms with E-state index in [2.05, 4.69) is 16.2 Å². The van der Waals surface area contributed by atoms with Crippen LogP contribution in [0.1, 0.15) is 16.7 Å². The highest BCUT2D eigenvalue weighted by atomic mass is 35.5. The van der Waals surface area contributed by atoms with Crippen LogP contribution in [0.25, 0.3) is 0 Å². The van der Waals surface area contributed by atoms with Gasteiger partial charge in [0.15, 0.2) is 5.11 Å². The Kier molecular flexibility index (Phi) is 5.96. The van der Waals surface area contributed by atoms with Crippen molar-refractivity contribution >= 4 is 40.5 Å². The van der Waals surface area contributed by atoms with Gasteiger partial charge in [0.1, 0.15) is 0 Å². The fourth-order valence-corrected chi connectivity index (χ4v) is 2.26. The van der Waals surface area contributed by atoms with Crippen LogP contribution >= 0.6 is 23.8 Å². The molecule has 0 bridgehead atoms. The molecule has 2 aromatic carbocycles. The lowest BCUT2D eigenvalue weighted by molar-refractivity contribution is -0.120. The first-order valence-electron chi connectivity index (χ1n) is 7.11. The second kappa shape index (κ2) is 7.94. The number of hydrogen-bond acceptors (Lipinski definition) is 2. The number of nitrogens with one attached hydrogen (secondary N) is 3. The van der Waals surface area contributed by atoms with Crippen LogP contribution in [0.2, 0.25) is 5.02 Å². The van der Waals surface area contributed by atoms with E-state index in [1.54, 1.807) is 24.3 Å². The minimum Gasteiger partial charge on any atom is -0.331 e. The lowest BCUT2D eigenvalue weighted by Crippen LogP contribution is -2.44. The van der Waals surface area contributed by atoms with Crippen LogP contribution in [0.4, 0.5) is 5.69 Å². The molecule has 0 spiro atoms. The lowest BCUT2D eigenvalue weighted by atomic mass is 10.0. The maximum absolute atomic E-state index is 11.9. The number of benzene rings is 2. The first-order valence-corrected chi connectivity index (χ1v) is 7.90. The van der Waals surface area contributed by atoms with Gasteiger partial charge in [-0.3, -0.25) is 15.6 Å². The summed E-state index contributed by atoms with van der Waals surface area (Å²) >= 11 is 10.9. The van der Waals surface area contributed by atoms with E-state index < -0.39 is 0 Å². The summed E-state index contributed by atoms with van der Waals surface area (Å²) in [7, 11) is 0. The van der Waals surface area contributed by atoms with E-state index in [1.165, 1.54) is 11.1 Å². The summed E-state index contributed by atoms with van der Waals surface area (Å²) in [6, 6.07) is 13.1. The van der Waals surface area contributed by atoms with Gasteiger partial charge in [-0.05, 0) is 67.0 Å². The van der Waals surface area contributed by atoms with Crippen LogP contribution in [0, 0.1) is 13.8 Å². The Morgan fingerprint density at radius 2 is 1.74 bits per heavy atom. The molecule has 0 aliphatic rings. The molecule has 0 saturated heterocycles. The molecule has 0 unspecified atom stereocenters. The Bertz CT molecular complexity index is 716. The average Bonchev–Trinajstić information content (AvgIpc) is 2.51. The average molecular weight is 348 g/mol. The van der Waals surface area contributed by atoms with Gasteiger partial charge < -0.3 is 5.32 Å². The smallest absolute Gasteiger partial charge is 0.242 e. The number of hydrazine groups is 1. The molecule has 0 heterocycles. The zero-order valence-corrected chi connectivity index (χ0v) is 14.5. The molecule has 0 saturated carbocycles. The summed E-state index contributed by atoms with van der Waals surface area (Å²) in [5, 5.41) is 3.91. The second-order valence-electron chi connectivity index (χ2n) is 5.23. The third kappa shape index (κ3) is 5.54. The minimum atomic E-state index is -0.159. The summed E-state index contributed by atoms with van der Waals surface area (Å²) in [5.41, 5.74) is 9.39. The molecule has 0 aromatic heterocycles. The quantitative estimate of drug-likeness (QED) is 0.587. The predicted molar refractivity (Wildman–Crippen MR) is 98.6 cm³/mol. The number of amides is 1. The molecule has 2 aromatic rings. The first kappa shape index (κ1) is 17.2. The third-order valence-electron chi connectivity index (χ3n) is 3.35. The number of carbonyl (C=O) groups excluding carboxylic acids is 1. The second-order valence-corrected chi connectivity index (χ2v) is 6.07. The number of halogens is 1. The number of aryl methyl sites for hydroxylation is 2. The van der Waals surface area contributed by atoms with Crippen LogP contribution in [-0.2, 0) is 11.2 Å². The number of anilines is 1. The van der Waals surface area contributed by atoms with Gasteiger partial charge in [-0.1, -0.05) is 29.8 Å². The van der Waals surface area contributed by atoms with E-state index in [1.807, 2.05) is 32.0 Å². The molecular weight excluding hydrogens is 330 g/mol. The number of thiocarbonyl (C=S) groups is 1. The molecule has 0 aliphatic carbocycles. The van der Waals surface area contributed by atoms with Crippen molar-refractivity contribution in [2.75, 3.05) is 5.32 Å². The van der Waals surface area contributed by atoms with Crippen molar-refractivity contribution in [1.82, 2.24) is 10.9 Å². The molecule has 3 N–H and O–H groups in total. The number of hydrogen-bond donors (Lipinski definition) is 3. The molecule has 0 fully saturated rings. The summed E-state index contributed by atoms with van der Waals surface area (Å²) in [6.45, 7) is 4.07. The van der Waals surface area contributed by atoms with E-state index >= 15 is 0 Å². The highest BCUT2D eigenvalue weighted by molar-refractivity contribution is 7.80. The molecule has 0 atom stereocenters. The molecule has 0 radical (unpaired) electrons. The minimum absolute atomic E-state index is 0.159. The number of carbonyl (C=O) groups is 1. The Hall–Kier alpha value is -2.11. The van der Waals surface area contributed by atoms with Crippen molar-refractivity contribution in [3.8, 4) is 0 Å². The van der Waals surface area contributed by atoms with Crippen molar-refractivity contribution < 1.29 is 4.79 Å². The largest absolute Gasteiger partial charge is 0.331 e. The van der Waals surface area contributed by atoms with E-state index in [4.69, 9.17) is 23.8 Å². The van der Waals surface area contributed by atoms with Crippen LogP contribution in [0.5, 0.6) is 0 Å². The third-order valence-corrected chi connectivity index (χ3v) is 3.81. The molecular formula is C17H18ClN3OS. The fourth-order valence-electron chi connectivity index (χ4n) is 1.97.